The maximum absolute atomic E-state index is 13.3. The highest BCUT2D eigenvalue weighted by molar-refractivity contribution is 5.98. The summed E-state index contributed by atoms with van der Waals surface area (Å²) in [6.07, 6.45) is 4.51. The molecule has 5 N–H and O–H groups in total. The van der Waals surface area contributed by atoms with Crippen LogP contribution in [0.4, 0.5) is 10.1 Å². The molecule has 10 nitrogen and oxygen atoms in total. The van der Waals surface area contributed by atoms with Crippen LogP contribution in [0.3, 0.4) is 0 Å². The maximum atomic E-state index is 13.3. The van der Waals surface area contributed by atoms with E-state index in [2.05, 4.69) is 26.8 Å². The number of hydrogen-bond acceptors (Lipinski definition) is 8. The summed E-state index contributed by atoms with van der Waals surface area (Å²) >= 11 is 0. The summed E-state index contributed by atoms with van der Waals surface area (Å²) in [5, 5.41) is 21.8. The van der Waals surface area contributed by atoms with E-state index in [0.717, 1.165) is 17.7 Å². The summed E-state index contributed by atoms with van der Waals surface area (Å²) < 4.78 is 13.2. The number of nitrogens with zero attached hydrogens (tertiary/aromatic N) is 3. The molecule has 2 aromatic carbocycles. The van der Waals surface area contributed by atoms with E-state index < -0.39 is 6.04 Å². The molecule has 0 radical (unpaired) electrons. The van der Waals surface area contributed by atoms with Crippen LogP contribution in [0, 0.1) is 5.82 Å². The van der Waals surface area contributed by atoms with Crippen LogP contribution in [0.25, 0.3) is 0 Å². The molecule has 2 aromatic rings. The fourth-order valence-corrected chi connectivity index (χ4v) is 5.00. The fourth-order valence-electron chi connectivity index (χ4n) is 5.00. The van der Waals surface area contributed by atoms with Gasteiger partial charge in [0.25, 0.3) is 5.91 Å². The predicted octanol–water partition coefficient (Wildman–Crippen LogP) is 1.61. The molecule has 2 aliphatic heterocycles. The fraction of sp³-hybridized carbons (Fsp3) is 0.444. The zero-order chi connectivity index (χ0) is 26.5. The Kier molecular flexibility index (Phi) is 8.16. The number of piperidine rings is 1. The highest BCUT2D eigenvalue weighted by Gasteiger charge is 2.37. The van der Waals surface area contributed by atoms with Crippen LogP contribution in [0.2, 0.25) is 0 Å². The van der Waals surface area contributed by atoms with Crippen molar-refractivity contribution in [3.05, 3.63) is 65.5 Å². The Morgan fingerprint density at radius 2 is 1.84 bits per heavy atom. The van der Waals surface area contributed by atoms with Crippen LogP contribution < -0.4 is 26.7 Å². The predicted molar refractivity (Wildman–Crippen MR) is 142 cm³/mol. The van der Waals surface area contributed by atoms with Crippen molar-refractivity contribution in [1.29, 1.82) is 0 Å². The molecule has 3 aliphatic rings. The second-order valence-electron chi connectivity index (χ2n) is 10.1. The topological polar surface area (TPSA) is 121 Å². The number of rotatable bonds is 10. The molecule has 2 heterocycles. The van der Waals surface area contributed by atoms with Crippen LogP contribution in [-0.2, 0) is 4.79 Å². The number of carbonyl (C=O) groups is 2. The van der Waals surface area contributed by atoms with Gasteiger partial charge >= 0.3 is 0 Å². The zero-order valence-corrected chi connectivity index (χ0v) is 21.1. The van der Waals surface area contributed by atoms with Crippen LogP contribution in [-0.4, -0.2) is 66.0 Å². The van der Waals surface area contributed by atoms with Crippen molar-refractivity contribution in [3.8, 4) is 0 Å². The first-order valence-corrected chi connectivity index (χ1v) is 13.2. The van der Waals surface area contributed by atoms with Gasteiger partial charge in [-0.3, -0.25) is 9.59 Å². The molecule has 1 saturated heterocycles. The molecular formula is C27H34FN7O3. The van der Waals surface area contributed by atoms with E-state index in [0.29, 0.717) is 62.8 Å². The van der Waals surface area contributed by atoms with Crippen LogP contribution in [0.1, 0.15) is 53.9 Å². The molecule has 0 bridgehead atoms. The van der Waals surface area contributed by atoms with Crippen molar-refractivity contribution in [2.24, 2.45) is 5.10 Å². The van der Waals surface area contributed by atoms with E-state index in [1.54, 1.807) is 40.5 Å². The zero-order valence-electron chi connectivity index (χ0n) is 21.1. The lowest BCUT2D eigenvalue weighted by molar-refractivity contribution is -0.135. The molecule has 5 rings (SSSR count). The highest BCUT2D eigenvalue weighted by atomic mass is 19.1. The Hall–Kier alpha value is -3.54. The van der Waals surface area contributed by atoms with Crippen molar-refractivity contribution < 1.29 is 19.1 Å². The third-order valence-corrected chi connectivity index (χ3v) is 7.36. The molecule has 2 fully saturated rings. The Morgan fingerprint density at radius 1 is 1.11 bits per heavy atom. The number of halogens is 1. The van der Waals surface area contributed by atoms with Gasteiger partial charge in [0.2, 0.25) is 5.91 Å². The number of nitrogens with one attached hydrogen (secondary N) is 4. The number of carbonyl (C=O) groups excluding carboxylic acids is 2. The Balaban J connectivity index is 1.15. The number of anilines is 1. The minimum absolute atomic E-state index is 0.110. The van der Waals surface area contributed by atoms with E-state index in [1.165, 1.54) is 12.1 Å². The maximum Gasteiger partial charge on any atom is 0.251 e. The molecule has 2 amide bonds. The molecule has 1 saturated carbocycles. The van der Waals surface area contributed by atoms with Crippen LogP contribution in [0.5, 0.6) is 0 Å². The van der Waals surface area contributed by atoms with Crippen LogP contribution >= 0.6 is 0 Å². The van der Waals surface area contributed by atoms with Crippen molar-refractivity contribution in [1.82, 2.24) is 26.6 Å². The highest BCUT2D eigenvalue weighted by Crippen LogP contribution is 2.40. The van der Waals surface area contributed by atoms with Gasteiger partial charge in [-0.25, -0.2) is 14.9 Å². The number of hydrazone groups is 1. The SMILES string of the molecule is O=C(N[C@@H](CCCN[C@@H]1C[C@H]1c1ccc(F)cc1)C(=O)N1CCC(O)CC1)c1ccc(N2C=NNN2)cc1. The quantitative estimate of drug-likeness (QED) is 0.300. The number of aliphatic hydroxyl groups is 1. The lowest BCUT2D eigenvalue weighted by Gasteiger charge is -2.32. The van der Waals surface area contributed by atoms with Gasteiger partial charge in [0.15, 0.2) is 0 Å². The number of aliphatic hydroxyl groups excluding tert-OH is 1. The average Bonchev–Trinajstić information content (AvgIpc) is 3.49. The van der Waals surface area contributed by atoms with E-state index in [-0.39, 0.29) is 23.7 Å². The average molecular weight is 524 g/mol. The second kappa shape index (κ2) is 11.9. The van der Waals surface area contributed by atoms with E-state index in [4.69, 9.17) is 0 Å². The van der Waals surface area contributed by atoms with E-state index in [1.807, 2.05) is 12.1 Å². The molecule has 0 aromatic heterocycles. The normalized spacial score (nSPS) is 21.7. The van der Waals surface area contributed by atoms with Gasteiger partial charge in [-0.1, -0.05) is 12.1 Å². The Morgan fingerprint density at radius 3 is 2.53 bits per heavy atom. The van der Waals surface area contributed by atoms with Gasteiger partial charge < -0.3 is 20.6 Å². The number of benzene rings is 2. The molecule has 3 atom stereocenters. The third kappa shape index (κ3) is 6.47. The molecule has 202 valence electrons. The number of hydrogen-bond donors (Lipinski definition) is 5. The summed E-state index contributed by atoms with van der Waals surface area (Å²) in [4.78, 5) is 28.2. The first kappa shape index (κ1) is 26.1. The van der Waals surface area contributed by atoms with Gasteiger partial charge in [-0.15, -0.1) is 5.53 Å². The lowest BCUT2D eigenvalue weighted by Crippen LogP contribution is -2.51. The van der Waals surface area contributed by atoms with Gasteiger partial charge in [0.1, 0.15) is 18.2 Å². The monoisotopic (exact) mass is 523 g/mol. The molecule has 1 aliphatic carbocycles. The number of likely N-dealkylation sites (tertiary alicyclic amines) is 1. The summed E-state index contributed by atoms with van der Waals surface area (Å²) in [5.74, 6) is -0.264. The number of hydrazine groups is 2. The Labute approximate surface area is 221 Å². The van der Waals surface area contributed by atoms with Crippen molar-refractivity contribution >= 4 is 23.8 Å². The smallest absolute Gasteiger partial charge is 0.251 e. The molecule has 0 spiro atoms. The second-order valence-corrected chi connectivity index (χ2v) is 10.1. The van der Waals surface area contributed by atoms with E-state index in [9.17, 15) is 19.1 Å². The van der Waals surface area contributed by atoms with E-state index >= 15 is 0 Å². The first-order valence-electron chi connectivity index (χ1n) is 13.2. The van der Waals surface area contributed by atoms with Crippen molar-refractivity contribution in [2.75, 3.05) is 24.6 Å². The number of amides is 2. The van der Waals surface area contributed by atoms with Gasteiger partial charge in [0, 0.05) is 30.6 Å². The lowest BCUT2D eigenvalue weighted by atomic mass is 10.0. The molecular weight excluding hydrogens is 489 g/mol. The largest absolute Gasteiger partial charge is 0.393 e. The molecule has 11 heteroatoms. The summed E-state index contributed by atoms with van der Waals surface area (Å²) in [6.45, 7) is 1.69. The van der Waals surface area contributed by atoms with Crippen LogP contribution in [0.15, 0.2) is 53.6 Å². The van der Waals surface area contributed by atoms with Crippen molar-refractivity contribution in [3.63, 3.8) is 0 Å². The standard InChI is InChI=1S/C27H34FN7O3/c28-20-7-3-18(4-8-20)23-16-25(23)29-13-1-2-24(27(38)34-14-11-22(36)12-15-34)31-26(37)19-5-9-21(10-6-19)35-17-30-32-33-35/h3-10,17,22-25,29,32-33,36H,1-2,11-16H2,(H,31,37)/t23-,24-,25+/m0/s1. The van der Waals surface area contributed by atoms with Gasteiger partial charge in [-0.05, 0) is 80.6 Å². The minimum Gasteiger partial charge on any atom is -0.393 e. The Bertz CT molecular complexity index is 1140. The van der Waals surface area contributed by atoms with Gasteiger partial charge in [0.05, 0.1) is 11.8 Å². The summed E-state index contributed by atoms with van der Waals surface area (Å²) in [6, 6.07) is 13.3. The summed E-state index contributed by atoms with van der Waals surface area (Å²) in [7, 11) is 0. The van der Waals surface area contributed by atoms with Gasteiger partial charge in [-0.2, -0.15) is 5.10 Å². The molecule has 0 unspecified atom stereocenters. The third-order valence-electron chi connectivity index (χ3n) is 7.36. The van der Waals surface area contributed by atoms with Crippen molar-refractivity contribution in [2.45, 2.75) is 56.2 Å². The summed E-state index contributed by atoms with van der Waals surface area (Å²) in [5.41, 5.74) is 7.85. The molecule has 38 heavy (non-hydrogen) atoms. The first-order chi connectivity index (χ1) is 18.5. The minimum atomic E-state index is -0.650.